The highest BCUT2D eigenvalue weighted by Gasteiger charge is 2.24. The van der Waals surface area contributed by atoms with E-state index in [-0.39, 0.29) is 5.41 Å². The first-order chi connectivity index (χ1) is 7.53. The van der Waals surface area contributed by atoms with Crippen molar-refractivity contribution >= 4 is 17.5 Å². The lowest BCUT2D eigenvalue weighted by molar-refractivity contribution is -0.108. The molecule has 16 heavy (non-hydrogen) atoms. The van der Waals surface area contributed by atoms with E-state index in [1.165, 1.54) is 0 Å². The van der Waals surface area contributed by atoms with Crippen LogP contribution in [0.2, 0.25) is 0 Å². The van der Waals surface area contributed by atoms with E-state index in [0.717, 1.165) is 23.1 Å². The van der Waals surface area contributed by atoms with Gasteiger partial charge >= 0.3 is 0 Å². The van der Waals surface area contributed by atoms with Crippen molar-refractivity contribution in [1.29, 1.82) is 0 Å². The molecule has 1 rings (SSSR count). The maximum atomic E-state index is 10.7. The Labute approximate surface area is 97.2 Å². The van der Waals surface area contributed by atoms with E-state index in [0.29, 0.717) is 6.42 Å². The topological polar surface area (TPSA) is 43.1 Å². The minimum absolute atomic E-state index is 0.175. The summed E-state index contributed by atoms with van der Waals surface area (Å²) in [5.41, 5.74) is 8.69. The second-order valence-corrected chi connectivity index (χ2v) is 4.54. The number of nitrogens with two attached hydrogens (primary N) is 1. The van der Waals surface area contributed by atoms with Crippen LogP contribution < -0.4 is 5.73 Å². The van der Waals surface area contributed by atoms with E-state index in [4.69, 9.17) is 5.73 Å². The Bertz CT molecular complexity index is 405. The zero-order valence-corrected chi connectivity index (χ0v) is 10.2. The molecule has 2 N–H and O–H groups in total. The standard InChI is InChI=1S/C14H19NO/c1-4-12(14(2,3)9-10-16)11-7-5-6-8-13(11)15/h4-8,10H,9,15H2,1-3H3/b12-4+. The average Bonchev–Trinajstić information content (AvgIpc) is 2.21. The van der Waals surface area contributed by atoms with E-state index in [2.05, 4.69) is 13.8 Å². The second kappa shape index (κ2) is 4.97. The van der Waals surface area contributed by atoms with Crippen LogP contribution in [0.25, 0.3) is 5.57 Å². The first-order valence-corrected chi connectivity index (χ1v) is 5.48. The first-order valence-electron chi connectivity index (χ1n) is 5.48. The Kier molecular flexibility index (Phi) is 3.88. The van der Waals surface area contributed by atoms with E-state index in [9.17, 15) is 4.79 Å². The van der Waals surface area contributed by atoms with Gasteiger partial charge in [-0.25, -0.2) is 0 Å². The third-order valence-corrected chi connectivity index (χ3v) is 2.86. The number of hydrogen-bond acceptors (Lipinski definition) is 2. The molecule has 0 saturated heterocycles. The van der Waals surface area contributed by atoms with Crippen molar-refractivity contribution in [3.8, 4) is 0 Å². The zero-order valence-electron chi connectivity index (χ0n) is 10.2. The third-order valence-electron chi connectivity index (χ3n) is 2.86. The lowest BCUT2D eigenvalue weighted by Gasteiger charge is -2.27. The quantitative estimate of drug-likeness (QED) is 0.621. The lowest BCUT2D eigenvalue weighted by Crippen LogP contribution is -2.15. The SMILES string of the molecule is C/C=C(\c1ccccc1N)C(C)(C)CC=O. The minimum atomic E-state index is -0.175. The number of nitrogen functional groups attached to an aromatic ring is 1. The van der Waals surface area contributed by atoms with Crippen molar-refractivity contribution < 1.29 is 4.79 Å². The van der Waals surface area contributed by atoms with Crippen molar-refractivity contribution in [2.45, 2.75) is 27.2 Å². The normalized spacial score (nSPS) is 12.6. The van der Waals surface area contributed by atoms with Gasteiger partial charge in [0.2, 0.25) is 0 Å². The summed E-state index contributed by atoms with van der Waals surface area (Å²) < 4.78 is 0. The molecular weight excluding hydrogens is 198 g/mol. The highest BCUT2D eigenvalue weighted by Crippen LogP contribution is 2.38. The maximum absolute atomic E-state index is 10.7. The van der Waals surface area contributed by atoms with Gasteiger partial charge in [0, 0.05) is 17.7 Å². The summed E-state index contributed by atoms with van der Waals surface area (Å²) in [6, 6.07) is 7.76. The predicted molar refractivity (Wildman–Crippen MR) is 69.0 cm³/mol. The molecule has 0 aromatic heterocycles. The molecule has 0 fully saturated rings. The molecular formula is C14H19NO. The van der Waals surface area contributed by atoms with Gasteiger partial charge in [0.05, 0.1) is 0 Å². The second-order valence-electron chi connectivity index (χ2n) is 4.54. The maximum Gasteiger partial charge on any atom is 0.120 e. The number of carbonyl (C=O) groups is 1. The van der Waals surface area contributed by atoms with Crippen LogP contribution in [0.5, 0.6) is 0 Å². The molecule has 2 nitrogen and oxygen atoms in total. The molecule has 0 bridgehead atoms. The molecule has 1 aromatic carbocycles. The fraction of sp³-hybridized carbons (Fsp3) is 0.357. The summed E-state index contributed by atoms with van der Waals surface area (Å²) in [6.07, 6.45) is 3.50. The van der Waals surface area contributed by atoms with Gasteiger partial charge in [-0.2, -0.15) is 0 Å². The summed E-state index contributed by atoms with van der Waals surface area (Å²) >= 11 is 0. The predicted octanol–water partition coefficient (Wildman–Crippen LogP) is 3.29. The molecule has 2 heteroatoms. The highest BCUT2D eigenvalue weighted by atomic mass is 16.1. The van der Waals surface area contributed by atoms with Gasteiger partial charge in [0.25, 0.3) is 0 Å². The smallest absolute Gasteiger partial charge is 0.120 e. The fourth-order valence-corrected chi connectivity index (χ4v) is 1.97. The van der Waals surface area contributed by atoms with Crippen molar-refractivity contribution in [2.24, 2.45) is 5.41 Å². The zero-order chi connectivity index (χ0) is 12.2. The number of benzene rings is 1. The van der Waals surface area contributed by atoms with Gasteiger partial charge in [-0.1, -0.05) is 38.1 Å². The summed E-state index contributed by atoms with van der Waals surface area (Å²) in [5.74, 6) is 0. The average molecular weight is 217 g/mol. The van der Waals surface area contributed by atoms with Crippen LogP contribution in [0.3, 0.4) is 0 Å². The van der Waals surface area contributed by atoms with Crippen LogP contribution in [0, 0.1) is 5.41 Å². The highest BCUT2D eigenvalue weighted by molar-refractivity contribution is 5.79. The number of rotatable bonds is 4. The Morgan fingerprint density at radius 3 is 2.50 bits per heavy atom. The Balaban J connectivity index is 3.19. The molecule has 1 aromatic rings. The summed E-state index contributed by atoms with van der Waals surface area (Å²) in [4.78, 5) is 10.7. The molecule has 0 aliphatic carbocycles. The Hall–Kier alpha value is -1.57. The molecule has 0 unspecified atom stereocenters. The van der Waals surface area contributed by atoms with Crippen LogP contribution in [0.15, 0.2) is 30.3 Å². The van der Waals surface area contributed by atoms with Crippen molar-refractivity contribution in [1.82, 2.24) is 0 Å². The summed E-state index contributed by atoms with van der Waals surface area (Å²) in [7, 11) is 0. The van der Waals surface area contributed by atoms with Gasteiger partial charge in [0.1, 0.15) is 6.29 Å². The minimum Gasteiger partial charge on any atom is -0.398 e. The summed E-state index contributed by atoms with van der Waals surface area (Å²) in [6.45, 7) is 6.10. The number of hydrogen-bond donors (Lipinski definition) is 1. The molecule has 0 aliphatic heterocycles. The molecule has 86 valence electrons. The fourth-order valence-electron chi connectivity index (χ4n) is 1.97. The van der Waals surface area contributed by atoms with Crippen LogP contribution in [-0.4, -0.2) is 6.29 Å². The number of aldehydes is 1. The van der Waals surface area contributed by atoms with Gasteiger partial charge in [-0.05, 0) is 24.0 Å². The molecule has 0 saturated carbocycles. The molecule has 0 atom stereocenters. The van der Waals surface area contributed by atoms with Gasteiger partial charge in [-0.15, -0.1) is 0 Å². The number of allylic oxidation sites excluding steroid dienone is 2. The number of para-hydroxylation sites is 1. The lowest BCUT2D eigenvalue weighted by atomic mass is 9.77. The number of anilines is 1. The van der Waals surface area contributed by atoms with Crippen LogP contribution in [0.4, 0.5) is 5.69 Å². The monoisotopic (exact) mass is 217 g/mol. The van der Waals surface area contributed by atoms with Crippen molar-refractivity contribution in [3.05, 3.63) is 35.9 Å². The Morgan fingerprint density at radius 2 is 2.00 bits per heavy atom. The van der Waals surface area contributed by atoms with E-state index < -0.39 is 0 Å². The van der Waals surface area contributed by atoms with Crippen molar-refractivity contribution in [2.75, 3.05) is 5.73 Å². The molecule has 0 amide bonds. The van der Waals surface area contributed by atoms with E-state index in [1.807, 2.05) is 37.3 Å². The van der Waals surface area contributed by atoms with Crippen molar-refractivity contribution in [3.63, 3.8) is 0 Å². The first kappa shape index (κ1) is 12.5. The summed E-state index contributed by atoms with van der Waals surface area (Å²) in [5, 5.41) is 0. The van der Waals surface area contributed by atoms with E-state index >= 15 is 0 Å². The Morgan fingerprint density at radius 1 is 1.38 bits per heavy atom. The van der Waals surface area contributed by atoms with Crippen LogP contribution >= 0.6 is 0 Å². The molecule has 0 spiro atoms. The van der Waals surface area contributed by atoms with Crippen LogP contribution in [-0.2, 0) is 4.79 Å². The van der Waals surface area contributed by atoms with Gasteiger partial charge in [0.15, 0.2) is 0 Å². The van der Waals surface area contributed by atoms with E-state index in [1.54, 1.807) is 0 Å². The largest absolute Gasteiger partial charge is 0.398 e. The van der Waals surface area contributed by atoms with Gasteiger partial charge < -0.3 is 10.5 Å². The number of carbonyl (C=O) groups excluding carboxylic acids is 1. The van der Waals surface area contributed by atoms with Gasteiger partial charge in [-0.3, -0.25) is 0 Å². The van der Waals surface area contributed by atoms with Crippen LogP contribution in [0.1, 0.15) is 32.8 Å². The molecule has 0 heterocycles. The molecule has 0 radical (unpaired) electrons. The third kappa shape index (κ3) is 2.51. The molecule has 0 aliphatic rings.